The quantitative estimate of drug-likeness (QED) is 0.279. The number of anilines is 1. The number of amides is 2. The molecule has 1 atom stereocenters. The first kappa shape index (κ1) is 19.5. The van der Waals surface area contributed by atoms with Gasteiger partial charge in [-0.05, 0) is 25.1 Å². The number of hydrogen-bond donors (Lipinski definition) is 5. The number of carbonyl (C=O) groups is 2. The van der Waals surface area contributed by atoms with Gasteiger partial charge in [-0.25, -0.2) is 0 Å². The van der Waals surface area contributed by atoms with E-state index in [-0.39, 0.29) is 53.7 Å². The summed E-state index contributed by atoms with van der Waals surface area (Å²) in [5.74, 6) is -0.791. The summed E-state index contributed by atoms with van der Waals surface area (Å²) in [6.07, 6.45) is 0.289. The number of aliphatic hydroxyl groups is 1. The lowest BCUT2D eigenvalue weighted by Gasteiger charge is -2.13. The predicted molar refractivity (Wildman–Crippen MR) is 94.3 cm³/mol. The summed E-state index contributed by atoms with van der Waals surface area (Å²) in [7, 11) is 0. The summed E-state index contributed by atoms with van der Waals surface area (Å²) in [6, 6.07) is 4.35. The third-order valence-electron chi connectivity index (χ3n) is 3.07. The van der Waals surface area contributed by atoms with E-state index in [4.69, 9.17) is 27.9 Å². The van der Waals surface area contributed by atoms with Crippen molar-refractivity contribution in [2.75, 3.05) is 5.32 Å². The van der Waals surface area contributed by atoms with Crippen molar-refractivity contribution in [2.24, 2.45) is 5.73 Å². The van der Waals surface area contributed by atoms with E-state index in [1.807, 2.05) is 0 Å². The third kappa shape index (κ3) is 6.70. The van der Waals surface area contributed by atoms with E-state index in [1.165, 1.54) is 12.1 Å². The Morgan fingerprint density at radius 2 is 2.00 bits per heavy atom. The summed E-state index contributed by atoms with van der Waals surface area (Å²) < 4.78 is 0. The Kier molecular flexibility index (Phi) is 7.26. The van der Waals surface area contributed by atoms with Crippen LogP contribution >= 0.6 is 11.6 Å². The SMILES string of the molecule is C=C(O)CC(C)NC(=O)CCC(=O)Nc1ccc(C(=N)N)c(Cl)c1. The number of nitrogens with two attached hydrogens (primary N) is 1. The molecule has 1 aromatic rings. The maximum atomic E-state index is 11.9. The van der Waals surface area contributed by atoms with Gasteiger partial charge >= 0.3 is 0 Å². The van der Waals surface area contributed by atoms with Gasteiger partial charge in [0.1, 0.15) is 5.84 Å². The molecular weight excluding hydrogens is 332 g/mol. The minimum atomic E-state index is -0.337. The van der Waals surface area contributed by atoms with Gasteiger partial charge in [-0.2, -0.15) is 0 Å². The van der Waals surface area contributed by atoms with Crippen molar-refractivity contribution in [1.29, 1.82) is 5.41 Å². The number of nitrogens with one attached hydrogen (secondary N) is 3. The molecule has 0 spiro atoms. The molecule has 1 rings (SSSR count). The maximum absolute atomic E-state index is 11.9. The highest BCUT2D eigenvalue weighted by molar-refractivity contribution is 6.34. The van der Waals surface area contributed by atoms with E-state index in [0.29, 0.717) is 11.3 Å². The van der Waals surface area contributed by atoms with Gasteiger partial charge in [0, 0.05) is 36.6 Å². The fourth-order valence-electron chi connectivity index (χ4n) is 2.01. The van der Waals surface area contributed by atoms with Gasteiger partial charge in [-0.1, -0.05) is 18.2 Å². The molecule has 0 aromatic heterocycles. The number of nitrogen functional groups attached to an aromatic ring is 1. The highest BCUT2D eigenvalue weighted by Crippen LogP contribution is 2.20. The second-order valence-corrected chi connectivity index (χ2v) is 5.80. The number of carbonyl (C=O) groups excluding carboxylic acids is 2. The van der Waals surface area contributed by atoms with Crippen LogP contribution in [0.1, 0.15) is 31.7 Å². The Bertz CT molecular complexity index is 661. The molecule has 6 N–H and O–H groups in total. The number of amidine groups is 1. The first-order chi connectivity index (χ1) is 11.2. The van der Waals surface area contributed by atoms with Crippen LogP contribution in [0, 0.1) is 5.41 Å². The highest BCUT2D eigenvalue weighted by atomic mass is 35.5. The zero-order chi connectivity index (χ0) is 18.3. The number of benzene rings is 1. The van der Waals surface area contributed by atoms with Crippen LogP contribution < -0.4 is 16.4 Å². The molecule has 24 heavy (non-hydrogen) atoms. The van der Waals surface area contributed by atoms with Crippen molar-refractivity contribution in [1.82, 2.24) is 5.32 Å². The Labute approximate surface area is 145 Å². The van der Waals surface area contributed by atoms with Crippen molar-refractivity contribution in [3.05, 3.63) is 41.1 Å². The van der Waals surface area contributed by atoms with Crippen LogP contribution in [0.3, 0.4) is 0 Å². The minimum absolute atomic E-state index is 0.00467. The Balaban J connectivity index is 2.46. The predicted octanol–water partition coefficient (Wildman–Crippen LogP) is 2.31. The standard InChI is InChI=1S/C16H21ClN4O3/c1-9(7-10(2)22)20-14(23)5-6-15(24)21-11-3-4-12(16(18)19)13(17)8-11/h3-4,8-9,22H,2,5-7H2,1H3,(H3,18,19)(H,20,23)(H,21,24). The van der Waals surface area contributed by atoms with Crippen molar-refractivity contribution >= 4 is 34.9 Å². The Morgan fingerprint density at radius 3 is 2.54 bits per heavy atom. The monoisotopic (exact) mass is 352 g/mol. The van der Waals surface area contributed by atoms with E-state index in [1.54, 1.807) is 13.0 Å². The molecule has 0 heterocycles. The molecule has 2 amide bonds. The summed E-state index contributed by atoms with van der Waals surface area (Å²) in [6.45, 7) is 5.09. The molecule has 0 aliphatic heterocycles. The van der Waals surface area contributed by atoms with Gasteiger partial charge in [0.15, 0.2) is 0 Å². The second-order valence-electron chi connectivity index (χ2n) is 5.40. The van der Waals surface area contributed by atoms with Crippen LogP contribution in [0.5, 0.6) is 0 Å². The van der Waals surface area contributed by atoms with Crippen LogP contribution in [0.4, 0.5) is 5.69 Å². The molecule has 0 bridgehead atoms. The van der Waals surface area contributed by atoms with Crippen molar-refractivity contribution in [2.45, 2.75) is 32.2 Å². The summed E-state index contributed by atoms with van der Waals surface area (Å²) >= 11 is 5.97. The molecule has 130 valence electrons. The highest BCUT2D eigenvalue weighted by Gasteiger charge is 2.12. The Hall–Kier alpha value is -2.54. The van der Waals surface area contributed by atoms with E-state index >= 15 is 0 Å². The van der Waals surface area contributed by atoms with Gasteiger partial charge in [0.25, 0.3) is 0 Å². The molecule has 0 aliphatic rings. The van der Waals surface area contributed by atoms with Crippen LogP contribution in [0.15, 0.2) is 30.5 Å². The van der Waals surface area contributed by atoms with Crippen LogP contribution in [0.25, 0.3) is 0 Å². The molecule has 0 saturated carbocycles. The van der Waals surface area contributed by atoms with Crippen LogP contribution in [0.2, 0.25) is 5.02 Å². The number of aliphatic hydroxyl groups excluding tert-OH is 1. The molecule has 0 fully saturated rings. The zero-order valence-electron chi connectivity index (χ0n) is 13.4. The van der Waals surface area contributed by atoms with Crippen molar-refractivity contribution in [3.8, 4) is 0 Å². The normalized spacial score (nSPS) is 11.4. The van der Waals surface area contributed by atoms with Crippen molar-refractivity contribution in [3.63, 3.8) is 0 Å². The average molecular weight is 353 g/mol. The lowest BCUT2D eigenvalue weighted by Crippen LogP contribution is -2.33. The van der Waals surface area contributed by atoms with Gasteiger partial charge in [-0.15, -0.1) is 0 Å². The fraction of sp³-hybridized carbons (Fsp3) is 0.312. The molecule has 1 aromatic carbocycles. The summed E-state index contributed by atoms with van der Waals surface area (Å²) in [5.41, 5.74) is 6.20. The topological polar surface area (TPSA) is 128 Å². The first-order valence-corrected chi connectivity index (χ1v) is 7.66. The molecular formula is C16H21ClN4O3. The fourth-order valence-corrected chi connectivity index (χ4v) is 2.30. The average Bonchev–Trinajstić information content (AvgIpc) is 2.43. The van der Waals surface area contributed by atoms with E-state index < -0.39 is 0 Å². The zero-order valence-corrected chi connectivity index (χ0v) is 14.1. The van der Waals surface area contributed by atoms with Crippen LogP contribution in [-0.4, -0.2) is 28.8 Å². The maximum Gasteiger partial charge on any atom is 0.224 e. The molecule has 7 nitrogen and oxygen atoms in total. The lowest BCUT2D eigenvalue weighted by molar-refractivity contribution is -0.124. The Morgan fingerprint density at radius 1 is 1.38 bits per heavy atom. The number of hydrogen-bond acceptors (Lipinski definition) is 4. The molecule has 1 unspecified atom stereocenters. The third-order valence-corrected chi connectivity index (χ3v) is 3.38. The molecule has 0 saturated heterocycles. The lowest BCUT2D eigenvalue weighted by atomic mass is 10.1. The second kappa shape index (κ2) is 8.93. The van der Waals surface area contributed by atoms with E-state index in [0.717, 1.165) is 0 Å². The van der Waals surface area contributed by atoms with E-state index in [2.05, 4.69) is 17.2 Å². The van der Waals surface area contributed by atoms with Gasteiger partial charge in [-0.3, -0.25) is 15.0 Å². The number of halogens is 1. The smallest absolute Gasteiger partial charge is 0.224 e. The molecule has 0 aliphatic carbocycles. The number of rotatable bonds is 8. The van der Waals surface area contributed by atoms with Crippen LogP contribution in [-0.2, 0) is 9.59 Å². The van der Waals surface area contributed by atoms with Gasteiger partial charge in [0.05, 0.1) is 10.8 Å². The van der Waals surface area contributed by atoms with E-state index in [9.17, 15) is 9.59 Å². The minimum Gasteiger partial charge on any atom is -0.513 e. The molecule has 0 radical (unpaired) electrons. The van der Waals surface area contributed by atoms with Crippen molar-refractivity contribution < 1.29 is 14.7 Å². The summed E-state index contributed by atoms with van der Waals surface area (Å²) in [4.78, 5) is 23.6. The van der Waals surface area contributed by atoms with Gasteiger partial charge in [0.2, 0.25) is 11.8 Å². The first-order valence-electron chi connectivity index (χ1n) is 7.29. The largest absolute Gasteiger partial charge is 0.513 e. The summed E-state index contributed by atoms with van der Waals surface area (Å²) in [5, 5.41) is 21.9. The van der Waals surface area contributed by atoms with Gasteiger partial charge < -0.3 is 21.5 Å². The molecule has 8 heteroatoms.